The molecular weight excluding hydrogens is 349 g/mol. The zero-order valence-corrected chi connectivity index (χ0v) is 13.9. The summed E-state index contributed by atoms with van der Waals surface area (Å²) >= 11 is 2.39. The molecule has 0 bridgehead atoms. The summed E-state index contributed by atoms with van der Waals surface area (Å²) in [6.45, 7) is 1.14. The fraction of sp³-hybridized carbons (Fsp3) is 0.625. The van der Waals surface area contributed by atoms with Crippen molar-refractivity contribution in [3.63, 3.8) is 0 Å². The molecule has 1 aromatic rings. The second kappa shape index (κ2) is 5.24. The number of hydrogen-bond acceptors (Lipinski definition) is 2. The molecule has 2 atom stereocenters. The van der Waals surface area contributed by atoms with E-state index >= 15 is 0 Å². The largest absolute Gasteiger partial charge is 0.486 e. The lowest BCUT2D eigenvalue weighted by atomic mass is 9.73. The van der Waals surface area contributed by atoms with Crippen molar-refractivity contribution in [1.82, 2.24) is 4.90 Å². The van der Waals surface area contributed by atoms with Crippen molar-refractivity contribution in [3.05, 3.63) is 27.3 Å². The molecule has 3 heteroatoms. The van der Waals surface area contributed by atoms with E-state index in [1.807, 2.05) is 0 Å². The van der Waals surface area contributed by atoms with E-state index < -0.39 is 0 Å². The Kier molecular flexibility index (Phi) is 3.78. The van der Waals surface area contributed by atoms with E-state index in [1.165, 1.54) is 34.8 Å². The van der Waals surface area contributed by atoms with Crippen LogP contribution >= 0.6 is 22.6 Å². The summed E-state index contributed by atoms with van der Waals surface area (Å²) < 4.78 is 7.79. The Morgan fingerprint density at radius 3 is 3.00 bits per heavy atom. The quantitative estimate of drug-likeness (QED) is 0.735. The van der Waals surface area contributed by atoms with Gasteiger partial charge in [0.25, 0.3) is 0 Å². The van der Waals surface area contributed by atoms with Crippen molar-refractivity contribution >= 4 is 22.6 Å². The number of ether oxygens (including phenoxy) is 1. The van der Waals surface area contributed by atoms with Gasteiger partial charge in [0.1, 0.15) is 11.4 Å². The number of hydrogen-bond donors (Lipinski definition) is 0. The predicted molar refractivity (Wildman–Crippen MR) is 86.7 cm³/mol. The topological polar surface area (TPSA) is 12.5 Å². The fourth-order valence-corrected chi connectivity index (χ4v) is 4.27. The molecule has 1 fully saturated rings. The molecule has 3 rings (SSSR count). The Morgan fingerprint density at radius 1 is 1.37 bits per heavy atom. The average molecular weight is 371 g/mol. The smallest absolute Gasteiger partial charge is 0.123 e. The summed E-state index contributed by atoms with van der Waals surface area (Å²) in [6.07, 6.45) is 6.31. The molecule has 1 aromatic carbocycles. The van der Waals surface area contributed by atoms with E-state index in [4.69, 9.17) is 4.74 Å². The summed E-state index contributed by atoms with van der Waals surface area (Å²) in [5.74, 6) is 1.80. The molecule has 0 aromatic heterocycles. The first-order valence-electron chi connectivity index (χ1n) is 7.21. The van der Waals surface area contributed by atoms with Crippen molar-refractivity contribution in [3.8, 4) is 5.75 Å². The van der Waals surface area contributed by atoms with E-state index in [-0.39, 0.29) is 5.60 Å². The van der Waals surface area contributed by atoms with Gasteiger partial charge in [0.05, 0.1) is 0 Å². The molecule has 1 spiro atoms. The molecule has 1 aliphatic heterocycles. The first-order valence-corrected chi connectivity index (χ1v) is 8.29. The summed E-state index contributed by atoms with van der Waals surface area (Å²) in [4.78, 5) is 2.31. The maximum Gasteiger partial charge on any atom is 0.123 e. The van der Waals surface area contributed by atoms with E-state index in [9.17, 15) is 0 Å². The fourth-order valence-electron chi connectivity index (χ4n) is 3.71. The Balaban J connectivity index is 1.87. The second-order valence-corrected chi connectivity index (χ2v) is 7.55. The van der Waals surface area contributed by atoms with Crippen LogP contribution in [0.2, 0.25) is 0 Å². The highest BCUT2D eigenvalue weighted by molar-refractivity contribution is 14.1. The van der Waals surface area contributed by atoms with Crippen LogP contribution in [0.1, 0.15) is 31.2 Å². The first-order chi connectivity index (χ1) is 9.09. The zero-order chi connectivity index (χ0) is 13.5. The van der Waals surface area contributed by atoms with Crippen LogP contribution in [0.25, 0.3) is 0 Å². The number of nitrogens with zero attached hydrogens (tertiary/aromatic N) is 1. The maximum absolute atomic E-state index is 6.47. The highest BCUT2D eigenvalue weighted by Gasteiger charge is 2.47. The summed E-state index contributed by atoms with van der Waals surface area (Å²) in [5.41, 5.74) is 1.49. The van der Waals surface area contributed by atoms with Crippen molar-refractivity contribution in [2.45, 2.75) is 37.7 Å². The van der Waals surface area contributed by atoms with Crippen LogP contribution in [0.15, 0.2) is 18.2 Å². The number of fused-ring (bicyclic) bond motifs is 1. The number of halogens is 1. The van der Waals surface area contributed by atoms with Gasteiger partial charge >= 0.3 is 0 Å². The molecule has 0 N–H and O–H groups in total. The Hall–Kier alpha value is -0.290. The van der Waals surface area contributed by atoms with Crippen LogP contribution in [-0.4, -0.2) is 31.1 Å². The minimum absolute atomic E-state index is 0.0787. The molecule has 1 aliphatic carbocycles. The highest BCUT2D eigenvalue weighted by Crippen LogP contribution is 2.46. The van der Waals surface area contributed by atoms with Gasteiger partial charge in [0.15, 0.2) is 0 Å². The Labute approximate surface area is 129 Å². The minimum atomic E-state index is 0.0787. The van der Waals surface area contributed by atoms with Gasteiger partial charge in [-0.1, -0.05) is 6.42 Å². The van der Waals surface area contributed by atoms with E-state index in [0.717, 1.165) is 18.7 Å². The summed E-state index contributed by atoms with van der Waals surface area (Å²) in [7, 11) is 4.35. The molecule has 0 amide bonds. The van der Waals surface area contributed by atoms with Crippen molar-refractivity contribution in [1.29, 1.82) is 0 Å². The van der Waals surface area contributed by atoms with Gasteiger partial charge in [-0.15, -0.1) is 0 Å². The molecule has 2 aliphatic rings. The van der Waals surface area contributed by atoms with Gasteiger partial charge in [-0.3, -0.25) is 0 Å². The van der Waals surface area contributed by atoms with Crippen LogP contribution < -0.4 is 4.74 Å². The van der Waals surface area contributed by atoms with E-state index in [2.05, 4.69) is 59.8 Å². The molecule has 1 heterocycles. The molecule has 104 valence electrons. The van der Waals surface area contributed by atoms with Crippen LogP contribution in [0.5, 0.6) is 5.75 Å². The lowest BCUT2D eigenvalue weighted by molar-refractivity contribution is -0.0150. The lowest BCUT2D eigenvalue weighted by Crippen LogP contribution is -2.48. The van der Waals surface area contributed by atoms with Crippen molar-refractivity contribution in [2.24, 2.45) is 5.92 Å². The van der Waals surface area contributed by atoms with Gasteiger partial charge in [0, 0.05) is 22.5 Å². The summed E-state index contributed by atoms with van der Waals surface area (Å²) in [6, 6.07) is 6.61. The van der Waals surface area contributed by atoms with Gasteiger partial charge < -0.3 is 9.64 Å². The Morgan fingerprint density at radius 2 is 2.21 bits per heavy atom. The summed E-state index contributed by atoms with van der Waals surface area (Å²) in [5, 5.41) is 0. The number of benzene rings is 1. The van der Waals surface area contributed by atoms with Gasteiger partial charge in [-0.05, 0) is 79.7 Å². The molecule has 0 radical (unpaired) electrons. The SMILES string of the molecule is CN(C)CC1CCCCC12Cc1cc(I)ccc1O2. The number of rotatable bonds is 2. The molecule has 2 nitrogen and oxygen atoms in total. The van der Waals surface area contributed by atoms with Gasteiger partial charge in [0.2, 0.25) is 0 Å². The molecule has 0 saturated heterocycles. The predicted octanol–water partition coefficient (Wildman–Crippen LogP) is 3.72. The highest BCUT2D eigenvalue weighted by atomic mass is 127. The molecule has 2 unspecified atom stereocenters. The third kappa shape index (κ3) is 2.64. The first kappa shape index (κ1) is 13.7. The molecule has 1 saturated carbocycles. The van der Waals surface area contributed by atoms with Crippen molar-refractivity contribution in [2.75, 3.05) is 20.6 Å². The third-order valence-electron chi connectivity index (χ3n) is 4.56. The van der Waals surface area contributed by atoms with Crippen LogP contribution in [0.3, 0.4) is 0 Å². The zero-order valence-electron chi connectivity index (χ0n) is 11.8. The van der Waals surface area contributed by atoms with Crippen molar-refractivity contribution < 1.29 is 4.74 Å². The molecule has 19 heavy (non-hydrogen) atoms. The minimum Gasteiger partial charge on any atom is -0.486 e. The molecular formula is C16H22INO. The Bertz CT molecular complexity index is 474. The normalized spacial score (nSPS) is 29.6. The van der Waals surface area contributed by atoms with Crippen LogP contribution in [0.4, 0.5) is 0 Å². The van der Waals surface area contributed by atoms with E-state index in [0.29, 0.717) is 5.92 Å². The lowest BCUT2D eigenvalue weighted by Gasteiger charge is -2.41. The van der Waals surface area contributed by atoms with E-state index in [1.54, 1.807) is 0 Å². The third-order valence-corrected chi connectivity index (χ3v) is 5.23. The average Bonchev–Trinajstić information content (AvgIpc) is 2.70. The second-order valence-electron chi connectivity index (χ2n) is 6.30. The maximum atomic E-state index is 6.47. The monoisotopic (exact) mass is 371 g/mol. The van der Waals surface area contributed by atoms with Crippen LogP contribution in [-0.2, 0) is 6.42 Å². The van der Waals surface area contributed by atoms with Crippen LogP contribution in [0, 0.1) is 9.49 Å². The van der Waals surface area contributed by atoms with Gasteiger partial charge in [-0.25, -0.2) is 0 Å². The standard InChI is InChI=1S/C16H22INO/c1-18(2)11-13-5-3-4-8-16(13)10-12-9-14(17)6-7-15(12)19-16/h6-7,9,13H,3-5,8,10-11H2,1-2H3. The van der Waals surface area contributed by atoms with Gasteiger partial charge in [-0.2, -0.15) is 0 Å².